The van der Waals surface area contributed by atoms with Crippen molar-refractivity contribution in [2.75, 3.05) is 13.2 Å². The van der Waals surface area contributed by atoms with E-state index in [1.807, 2.05) is 6.92 Å². The number of hydrogen-bond acceptors (Lipinski definition) is 4. The fraction of sp³-hybridized carbons (Fsp3) is 0.700. The second kappa shape index (κ2) is 6.43. The number of ether oxygens (including phenoxy) is 2. The molecule has 0 amide bonds. The first kappa shape index (κ1) is 13.0. The van der Waals surface area contributed by atoms with Gasteiger partial charge in [0.05, 0.1) is 19.0 Å². The zero-order valence-corrected chi connectivity index (χ0v) is 8.95. The van der Waals surface area contributed by atoms with Gasteiger partial charge in [-0.2, -0.15) is 0 Å². The van der Waals surface area contributed by atoms with E-state index in [9.17, 15) is 9.90 Å². The Morgan fingerprint density at radius 3 is 2.29 bits per heavy atom. The second-order valence-corrected chi connectivity index (χ2v) is 2.88. The summed E-state index contributed by atoms with van der Waals surface area (Å²) in [6, 6.07) is 0. The molecule has 0 rings (SSSR count). The average molecular weight is 202 g/mol. The van der Waals surface area contributed by atoms with Gasteiger partial charge < -0.3 is 14.6 Å². The first-order chi connectivity index (χ1) is 6.54. The van der Waals surface area contributed by atoms with Gasteiger partial charge in [0.15, 0.2) is 6.10 Å². The molecule has 0 radical (unpaired) electrons. The molecule has 4 heteroatoms. The van der Waals surface area contributed by atoms with Crippen molar-refractivity contribution in [2.24, 2.45) is 5.92 Å². The summed E-state index contributed by atoms with van der Waals surface area (Å²) in [6.45, 7) is 9.51. The van der Waals surface area contributed by atoms with Gasteiger partial charge in [-0.25, -0.2) is 4.79 Å². The number of aliphatic hydroxyl groups is 1. The zero-order valence-electron chi connectivity index (χ0n) is 8.95. The van der Waals surface area contributed by atoms with Crippen molar-refractivity contribution in [1.29, 1.82) is 0 Å². The average Bonchev–Trinajstić information content (AvgIpc) is 2.16. The van der Waals surface area contributed by atoms with Gasteiger partial charge >= 0.3 is 5.97 Å². The van der Waals surface area contributed by atoms with Crippen molar-refractivity contribution < 1.29 is 19.4 Å². The Bertz CT molecular complexity index is 178. The van der Waals surface area contributed by atoms with Crippen molar-refractivity contribution in [2.45, 2.75) is 26.9 Å². The van der Waals surface area contributed by atoms with E-state index in [4.69, 9.17) is 4.74 Å². The minimum atomic E-state index is -1.20. The Kier molecular flexibility index (Phi) is 5.95. The summed E-state index contributed by atoms with van der Waals surface area (Å²) in [6.07, 6.45) is -1.20. The van der Waals surface area contributed by atoms with Gasteiger partial charge in [-0.1, -0.05) is 13.5 Å². The van der Waals surface area contributed by atoms with Crippen LogP contribution in [0.2, 0.25) is 0 Å². The smallest absolute Gasteiger partial charge is 0.335 e. The van der Waals surface area contributed by atoms with E-state index in [1.165, 1.54) is 0 Å². The molecule has 0 aromatic carbocycles. The van der Waals surface area contributed by atoms with Crippen LogP contribution in [0.15, 0.2) is 12.3 Å². The number of rotatable bonds is 6. The predicted molar refractivity (Wildman–Crippen MR) is 52.6 cm³/mol. The van der Waals surface area contributed by atoms with Crippen LogP contribution in [0.25, 0.3) is 0 Å². The molecule has 0 aromatic rings. The molecule has 0 bridgehead atoms. The quantitative estimate of drug-likeness (QED) is 0.517. The van der Waals surface area contributed by atoms with Gasteiger partial charge in [-0.15, -0.1) is 0 Å². The maximum absolute atomic E-state index is 11.1. The lowest BCUT2D eigenvalue weighted by atomic mass is 10.0. The Labute approximate surface area is 84.5 Å². The van der Waals surface area contributed by atoms with Crippen molar-refractivity contribution in [1.82, 2.24) is 0 Å². The lowest BCUT2D eigenvalue weighted by molar-refractivity contribution is -0.155. The molecule has 0 aliphatic heterocycles. The van der Waals surface area contributed by atoms with E-state index in [2.05, 4.69) is 11.3 Å². The van der Waals surface area contributed by atoms with E-state index in [0.717, 1.165) is 0 Å². The number of carbonyl (C=O) groups is 1. The van der Waals surface area contributed by atoms with Crippen molar-refractivity contribution in [3.8, 4) is 0 Å². The molecule has 0 saturated heterocycles. The molecule has 14 heavy (non-hydrogen) atoms. The van der Waals surface area contributed by atoms with E-state index >= 15 is 0 Å². The monoisotopic (exact) mass is 202 g/mol. The molecule has 0 unspecified atom stereocenters. The highest BCUT2D eigenvalue weighted by Crippen LogP contribution is 2.15. The molecule has 0 aromatic heterocycles. The highest BCUT2D eigenvalue weighted by Gasteiger charge is 2.26. The van der Waals surface area contributed by atoms with Crippen LogP contribution in [0.3, 0.4) is 0 Å². The molecule has 4 nitrogen and oxygen atoms in total. The van der Waals surface area contributed by atoms with Crippen LogP contribution in [0, 0.1) is 5.92 Å². The van der Waals surface area contributed by atoms with Crippen molar-refractivity contribution >= 4 is 5.97 Å². The number of hydrogen-bond donors (Lipinski definition) is 1. The van der Waals surface area contributed by atoms with Gasteiger partial charge in [-0.05, 0) is 13.8 Å². The standard InChI is InChI=1S/C10H18O4/c1-5-13-8(4)7(3)9(11)10(12)14-6-2/h7,9,11H,4-6H2,1-3H3/t7-,9+/m0/s1. The van der Waals surface area contributed by atoms with Gasteiger partial charge in [0.2, 0.25) is 0 Å². The fourth-order valence-corrected chi connectivity index (χ4v) is 0.925. The lowest BCUT2D eigenvalue weighted by Crippen LogP contribution is -2.31. The summed E-state index contributed by atoms with van der Waals surface area (Å²) >= 11 is 0. The number of aliphatic hydroxyl groups excluding tert-OH is 1. The molecule has 0 saturated carbocycles. The molecule has 0 heterocycles. The Hall–Kier alpha value is -1.03. The van der Waals surface area contributed by atoms with Crippen LogP contribution in [0.5, 0.6) is 0 Å². The Morgan fingerprint density at radius 2 is 1.86 bits per heavy atom. The molecule has 82 valence electrons. The summed E-state index contributed by atoms with van der Waals surface area (Å²) in [5, 5.41) is 9.50. The minimum absolute atomic E-state index is 0.254. The first-order valence-electron chi connectivity index (χ1n) is 4.70. The number of esters is 1. The van der Waals surface area contributed by atoms with Gasteiger partial charge in [0.1, 0.15) is 0 Å². The highest BCUT2D eigenvalue weighted by molar-refractivity contribution is 5.75. The summed E-state index contributed by atoms with van der Waals surface area (Å²) in [7, 11) is 0. The van der Waals surface area contributed by atoms with Crippen LogP contribution < -0.4 is 0 Å². The van der Waals surface area contributed by atoms with Gasteiger partial charge in [-0.3, -0.25) is 0 Å². The summed E-state index contributed by atoms with van der Waals surface area (Å²) in [4.78, 5) is 11.1. The third-order valence-corrected chi connectivity index (χ3v) is 1.84. The minimum Gasteiger partial charge on any atom is -0.498 e. The zero-order chi connectivity index (χ0) is 11.1. The van der Waals surface area contributed by atoms with Crippen LogP contribution in [0.1, 0.15) is 20.8 Å². The van der Waals surface area contributed by atoms with Crippen LogP contribution in [-0.2, 0) is 14.3 Å². The van der Waals surface area contributed by atoms with E-state index in [1.54, 1.807) is 13.8 Å². The van der Waals surface area contributed by atoms with E-state index in [-0.39, 0.29) is 6.61 Å². The molecular weight excluding hydrogens is 184 g/mol. The third-order valence-electron chi connectivity index (χ3n) is 1.84. The van der Waals surface area contributed by atoms with Gasteiger partial charge in [0, 0.05) is 5.92 Å². The van der Waals surface area contributed by atoms with Crippen molar-refractivity contribution in [3.05, 3.63) is 12.3 Å². The highest BCUT2D eigenvalue weighted by atomic mass is 16.5. The second-order valence-electron chi connectivity index (χ2n) is 2.88. The van der Waals surface area contributed by atoms with Gasteiger partial charge in [0.25, 0.3) is 0 Å². The molecule has 0 spiro atoms. The van der Waals surface area contributed by atoms with Crippen LogP contribution in [-0.4, -0.2) is 30.4 Å². The lowest BCUT2D eigenvalue weighted by Gasteiger charge is -2.19. The van der Waals surface area contributed by atoms with E-state index < -0.39 is 18.0 Å². The Balaban J connectivity index is 4.16. The molecule has 0 fully saturated rings. The molecular formula is C10H18O4. The number of carbonyl (C=O) groups excluding carboxylic acids is 1. The largest absolute Gasteiger partial charge is 0.498 e. The van der Waals surface area contributed by atoms with E-state index in [0.29, 0.717) is 12.4 Å². The summed E-state index contributed by atoms with van der Waals surface area (Å²) in [5.41, 5.74) is 0. The molecule has 1 N–H and O–H groups in total. The topological polar surface area (TPSA) is 55.8 Å². The first-order valence-corrected chi connectivity index (χ1v) is 4.70. The fourth-order valence-electron chi connectivity index (χ4n) is 0.925. The predicted octanol–water partition coefficient (Wildman–Crippen LogP) is 1.10. The van der Waals surface area contributed by atoms with Crippen LogP contribution >= 0.6 is 0 Å². The molecule has 0 aliphatic carbocycles. The molecule has 2 atom stereocenters. The molecule has 0 aliphatic rings. The van der Waals surface area contributed by atoms with Crippen LogP contribution in [0.4, 0.5) is 0 Å². The third kappa shape index (κ3) is 3.79. The maximum Gasteiger partial charge on any atom is 0.335 e. The Morgan fingerprint density at radius 1 is 1.36 bits per heavy atom. The normalized spacial score (nSPS) is 14.3. The summed E-state index contributed by atoms with van der Waals surface area (Å²) in [5.74, 6) is -0.692. The summed E-state index contributed by atoms with van der Waals surface area (Å²) < 4.78 is 9.76. The maximum atomic E-state index is 11.1. The SMILES string of the molecule is C=C(OCC)[C@H](C)[C@@H](O)C(=O)OCC. The van der Waals surface area contributed by atoms with Crippen molar-refractivity contribution in [3.63, 3.8) is 0 Å².